The van der Waals surface area contributed by atoms with E-state index in [1.54, 1.807) is 62.9 Å². The number of aromatic nitrogens is 10. The molecule has 208 valence electrons. The van der Waals surface area contributed by atoms with E-state index in [-0.39, 0.29) is 19.1 Å². The molecule has 0 spiro atoms. The highest BCUT2D eigenvalue weighted by Gasteiger charge is 2.10. The molecule has 0 saturated carbocycles. The van der Waals surface area contributed by atoms with Gasteiger partial charge in [0.25, 0.3) is 0 Å². The second kappa shape index (κ2) is 12.8. The molecule has 0 atom stereocenters. The number of rotatable bonds is 4. The minimum Gasteiger partial charge on any atom is -0.252 e. The fourth-order valence-electron chi connectivity index (χ4n) is 3.72. The van der Waals surface area contributed by atoms with Gasteiger partial charge in [-0.15, -0.1) is 20.4 Å². The predicted molar refractivity (Wildman–Crippen MR) is 159 cm³/mol. The van der Waals surface area contributed by atoms with Crippen LogP contribution in [0.4, 0.5) is 8.78 Å². The van der Waals surface area contributed by atoms with Crippen LogP contribution in [0.3, 0.4) is 0 Å². The molecule has 2 aromatic carbocycles. The van der Waals surface area contributed by atoms with Crippen LogP contribution in [0.5, 0.6) is 0 Å². The van der Waals surface area contributed by atoms with Gasteiger partial charge in [-0.3, -0.25) is 9.97 Å². The monoisotopic (exact) mass is 666 g/mol. The van der Waals surface area contributed by atoms with Crippen molar-refractivity contribution in [3.8, 4) is 45.3 Å². The quantitative estimate of drug-likeness (QED) is 0.220. The highest BCUT2D eigenvalue weighted by molar-refractivity contribution is 14.1. The van der Waals surface area contributed by atoms with Crippen LogP contribution in [0.1, 0.15) is 13.0 Å². The summed E-state index contributed by atoms with van der Waals surface area (Å²) in [5.74, 6) is 0.381. The van der Waals surface area contributed by atoms with E-state index in [9.17, 15) is 8.78 Å². The topological polar surface area (TPSA) is 113 Å². The minimum atomic E-state index is -0.260. The van der Waals surface area contributed by atoms with Crippen LogP contribution in [0.15, 0.2) is 73.1 Å². The summed E-state index contributed by atoms with van der Waals surface area (Å²) >= 11 is 2.08. The number of hydrogen-bond donors (Lipinski definition) is 0. The first-order chi connectivity index (χ1) is 19.3. The molecule has 0 bridgehead atoms. The molecule has 0 aliphatic carbocycles. The van der Waals surface area contributed by atoms with Crippen LogP contribution in [-0.2, 0) is 14.1 Å². The largest absolute Gasteiger partial charge is 0.252 e. The molecule has 4 heterocycles. The van der Waals surface area contributed by atoms with Gasteiger partial charge in [0.2, 0.25) is 11.6 Å². The molecule has 0 N–H and O–H groups in total. The highest BCUT2D eigenvalue weighted by Crippen LogP contribution is 2.26. The van der Waals surface area contributed by atoms with Crippen molar-refractivity contribution >= 4 is 22.6 Å². The zero-order chi connectivity index (χ0) is 28.2. The molecular formula is C28H25F2IN10. The molecule has 0 aliphatic heterocycles. The fourth-order valence-corrected chi connectivity index (χ4v) is 4.18. The van der Waals surface area contributed by atoms with E-state index in [2.05, 4.69) is 63.4 Å². The second-order valence-electron chi connectivity index (χ2n) is 8.68. The van der Waals surface area contributed by atoms with Crippen LogP contribution < -0.4 is 0 Å². The highest BCUT2D eigenvalue weighted by atomic mass is 127. The molecule has 6 rings (SSSR count). The predicted octanol–water partition coefficient (Wildman–Crippen LogP) is 5.71. The smallest absolute Gasteiger partial charge is 0.223 e. The third-order valence-electron chi connectivity index (χ3n) is 5.68. The van der Waals surface area contributed by atoms with Crippen molar-refractivity contribution in [2.24, 2.45) is 14.1 Å². The van der Waals surface area contributed by atoms with E-state index in [1.165, 1.54) is 21.7 Å². The Morgan fingerprint density at radius 1 is 0.659 bits per heavy atom. The van der Waals surface area contributed by atoms with Gasteiger partial charge in [0.1, 0.15) is 23.0 Å². The summed E-state index contributed by atoms with van der Waals surface area (Å²) < 4.78 is 28.6. The lowest BCUT2D eigenvalue weighted by molar-refractivity contribution is 0.629. The first-order valence-corrected chi connectivity index (χ1v) is 13.0. The summed E-state index contributed by atoms with van der Waals surface area (Å²) in [7, 11) is 3.37. The van der Waals surface area contributed by atoms with Crippen LogP contribution in [0.25, 0.3) is 45.3 Å². The number of nitrogens with zero attached hydrogens (tertiary/aromatic N) is 10. The van der Waals surface area contributed by atoms with Gasteiger partial charge in [0, 0.05) is 38.2 Å². The van der Waals surface area contributed by atoms with Gasteiger partial charge in [-0.05, 0) is 75.8 Å². The Morgan fingerprint density at radius 2 is 1.15 bits per heavy atom. The third-order valence-corrected chi connectivity index (χ3v) is 6.35. The molecule has 0 amide bonds. The zero-order valence-corrected chi connectivity index (χ0v) is 23.7. The number of tetrazole rings is 2. The van der Waals surface area contributed by atoms with Crippen molar-refractivity contribution in [2.75, 3.05) is 0 Å². The Hall–Kier alpha value is -4.53. The van der Waals surface area contributed by atoms with Gasteiger partial charge in [-0.2, -0.15) is 9.59 Å². The normalized spacial score (nSPS) is 10.5. The summed E-state index contributed by atoms with van der Waals surface area (Å²) in [4.78, 5) is 11.2. The number of aryl methyl sites for hydroxylation is 3. The van der Waals surface area contributed by atoms with Gasteiger partial charge in [-0.1, -0.05) is 37.8 Å². The average molecular weight is 666 g/mol. The SMILES string of the molecule is C.Cc1ccc(-c2ccc(-c3nnn(C)n3)nc2)c(F)c1.Cn1nnc(-c2ccc(-c3ccc(I)cc3F)cn2)n1. The standard InChI is InChI=1S/C14H12FN5.C13H9FIN5.CH4/c1-9-3-5-11(12(15)7-9)10-4-6-13(16-8-10)14-17-19-20(2)18-14;1-20-18-13(17-19-20)12-5-2-8(7-16-12)10-4-3-9(15)6-11(10)14;/h3-8H,1-2H3;2-7H,1H3;1H4. The number of halogens is 3. The van der Waals surface area contributed by atoms with E-state index in [1.807, 2.05) is 19.1 Å². The molecule has 0 saturated heterocycles. The van der Waals surface area contributed by atoms with Gasteiger partial charge in [0.15, 0.2) is 0 Å². The lowest BCUT2D eigenvalue weighted by atomic mass is 10.0. The lowest BCUT2D eigenvalue weighted by Gasteiger charge is -2.04. The summed E-state index contributed by atoms with van der Waals surface area (Å²) in [5.41, 5.74) is 4.58. The molecule has 6 aromatic rings. The van der Waals surface area contributed by atoms with Crippen molar-refractivity contribution in [1.82, 2.24) is 50.4 Å². The summed E-state index contributed by atoms with van der Waals surface area (Å²) in [6, 6.07) is 17.3. The van der Waals surface area contributed by atoms with E-state index >= 15 is 0 Å². The molecule has 0 fully saturated rings. The average Bonchev–Trinajstić information content (AvgIpc) is 3.58. The number of hydrogen-bond acceptors (Lipinski definition) is 8. The van der Waals surface area contributed by atoms with E-state index in [4.69, 9.17) is 0 Å². The lowest BCUT2D eigenvalue weighted by Crippen LogP contribution is -1.93. The summed E-state index contributed by atoms with van der Waals surface area (Å²) in [6.07, 6.45) is 3.22. The Balaban J connectivity index is 0.000000184. The Bertz CT molecular complexity index is 1640. The van der Waals surface area contributed by atoms with E-state index in [0.29, 0.717) is 39.7 Å². The number of pyridine rings is 2. The molecule has 4 aromatic heterocycles. The summed E-state index contributed by atoms with van der Waals surface area (Å²) in [6.45, 7) is 1.86. The van der Waals surface area contributed by atoms with Crippen molar-refractivity contribution in [3.63, 3.8) is 0 Å². The van der Waals surface area contributed by atoms with Crippen molar-refractivity contribution in [1.29, 1.82) is 0 Å². The van der Waals surface area contributed by atoms with Gasteiger partial charge < -0.3 is 0 Å². The molecule has 0 radical (unpaired) electrons. The van der Waals surface area contributed by atoms with Gasteiger partial charge >= 0.3 is 0 Å². The van der Waals surface area contributed by atoms with E-state index in [0.717, 1.165) is 14.7 Å². The maximum absolute atomic E-state index is 13.9. The molecule has 13 heteroatoms. The molecular weight excluding hydrogens is 641 g/mol. The Morgan fingerprint density at radius 3 is 1.54 bits per heavy atom. The Labute approximate surface area is 248 Å². The van der Waals surface area contributed by atoms with Crippen LogP contribution >= 0.6 is 22.6 Å². The Kier molecular flexibility index (Phi) is 9.17. The first kappa shape index (κ1) is 29.5. The van der Waals surface area contributed by atoms with E-state index < -0.39 is 0 Å². The van der Waals surface area contributed by atoms with Crippen LogP contribution in [0.2, 0.25) is 0 Å². The second-order valence-corrected chi connectivity index (χ2v) is 9.92. The zero-order valence-electron chi connectivity index (χ0n) is 21.5. The van der Waals surface area contributed by atoms with Gasteiger partial charge in [0.05, 0.1) is 14.1 Å². The fraction of sp³-hybridized carbons (Fsp3) is 0.143. The maximum atomic E-state index is 13.9. The van der Waals surface area contributed by atoms with Crippen molar-refractivity contribution < 1.29 is 8.78 Å². The maximum Gasteiger partial charge on any atom is 0.223 e. The van der Waals surface area contributed by atoms with Crippen LogP contribution in [-0.4, -0.2) is 50.4 Å². The van der Waals surface area contributed by atoms with Crippen LogP contribution in [0, 0.1) is 22.1 Å². The number of benzene rings is 2. The molecule has 10 nitrogen and oxygen atoms in total. The molecule has 41 heavy (non-hydrogen) atoms. The third kappa shape index (κ3) is 6.98. The van der Waals surface area contributed by atoms with Gasteiger partial charge in [-0.25, -0.2) is 8.78 Å². The molecule has 0 unspecified atom stereocenters. The minimum absolute atomic E-state index is 0. The summed E-state index contributed by atoms with van der Waals surface area (Å²) in [5, 5.41) is 23.4. The molecule has 0 aliphatic rings. The van der Waals surface area contributed by atoms with Crippen molar-refractivity contribution in [2.45, 2.75) is 14.4 Å². The van der Waals surface area contributed by atoms with Crippen molar-refractivity contribution in [3.05, 3.63) is 93.8 Å². The first-order valence-electron chi connectivity index (χ1n) is 11.9.